The topological polar surface area (TPSA) is 12.2 Å². The Bertz CT molecular complexity index is 203. The van der Waals surface area contributed by atoms with Crippen molar-refractivity contribution in [3.63, 3.8) is 0 Å². The maximum atomic E-state index is 7.39. The van der Waals surface area contributed by atoms with Gasteiger partial charge in [0.15, 0.2) is 8.32 Å². The van der Waals surface area contributed by atoms with Crippen molar-refractivity contribution < 1.29 is 5.80 Å². The SMILES string of the molecule is [2H][C@@H]1CN1CCO[Si](C)(C)C(C)(C)C. The maximum absolute atomic E-state index is 7.39. The summed E-state index contributed by atoms with van der Waals surface area (Å²) >= 11 is 0. The second-order valence-corrected chi connectivity index (χ2v) is 10.1. The zero-order valence-corrected chi connectivity index (χ0v) is 10.6. The van der Waals surface area contributed by atoms with Gasteiger partial charge in [-0.2, -0.15) is 0 Å². The molecule has 2 atom stereocenters. The molecule has 1 aliphatic heterocycles. The van der Waals surface area contributed by atoms with Gasteiger partial charge in [0.2, 0.25) is 0 Å². The predicted octanol–water partition coefficient (Wildman–Crippen LogP) is 2.32. The molecule has 1 rings (SSSR count). The molecule has 0 bridgehead atoms. The Morgan fingerprint density at radius 3 is 2.38 bits per heavy atom. The van der Waals surface area contributed by atoms with E-state index in [4.69, 9.17) is 5.80 Å². The highest BCUT2D eigenvalue weighted by Gasteiger charge is 2.37. The summed E-state index contributed by atoms with van der Waals surface area (Å²) < 4.78 is 13.4. The van der Waals surface area contributed by atoms with Gasteiger partial charge in [0, 0.05) is 27.6 Å². The summed E-state index contributed by atoms with van der Waals surface area (Å²) in [5.41, 5.74) is 0. The van der Waals surface area contributed by atoms with E-state index in [0.717, 1.165) is 19.7 Å². The normalized spacial score (nSPS) is 30.1. The average Bonchev–Trinajstić information content (AvgIpc) is 2.63. The smallest absolute Gasteiger partial charge is 0.192 e. The molecular weight excluding hydrogens is 178 g/mol. The molecule has 0 spiro atoms. The summed E-state index contributed by atoms with van der Waals surface area (Å²) in [7, 11) is -1.55. The third-order valence-electron chi connectivity index (χ3n) is 3.09. The fourth-order valence-electron chi connectivity index (χ4n) is 0.875. The van der Waals surface area contributed by atoms with Crippen LogP contribution >= 0.6 is 0 Å². The van der Waals surface area contributed by atoms with Crippen molar-refractivity contribution in [3.8, 4) is 0 Å². The van der Waals surface area contributed by atoms with Crippen molar-refractivity contribution in [1.82, 2.24) is 4.90 Å². The Balaban J connectivity index is 2.22. The fourth-order valence-corrected chi connectivity index (χ4v) is 1.91. The second kappa shape index (κ2) is 3.71. The highest BCUT2D eigenvalue weighted by molar-refractivity contribution is 6.74. The minimum atomic E-state index is -1.55. The van der Waals surface area contributed by atoms with Crippen LogP contribution in [0, 0.1) is 0 Å². The number of hydrogen-bond acceptors (Lipinski definition) is 2. The molecule has 0 saturated carbocycles. The first-order valence-electron chi connectivity index (χ1n) is 5.62. The molecule has 0 N–H and O–H groups in total. The van der Waals surface area contributed by atoms with Gasteiger partial charge in [0.1, 0.15) is 0 Å². The molecule has 78 valence electrons. The summed E-state index contributed by atoms with van der Waals surface area (Å²) in [5, 5.41) is 0.298. The molecule has 1 aliphatic rings. The highest BCUT2D eigenvalue weighted by atomic mass is 28.4. The Morgan fingerprint density at radius 2 is 2.00 bits per heavy atom. The quantitative estimate of drug-likeness (QED) is 0.512. The molecule has 0 radical (unpaired) electrons. The van der Waals surface area contributed by atoms with E-state index >= 15 is 0 Å². The van der Waals surface area contributed by atoms with E-state index < -0.39 is 8.32 Å². The monoisotopic (exact) mass is 202 g/mol. The van der Waals surface area contributed by atoms with Crippen LogP contribution in [0.2, 0.25) is 18.1 Å². The number of nitrogens with zero attached hydrogens (tertiary/aromatic N) is 1. The standard InChI is InChI=1S/C10H23NOSi/c1-10(2,3)13(4,5)12-9-8-11-6-7-11/h6-9H2,1-5H3/i6D/t6-,11?/m1/s1. The highest BCUT2D eigenvalue weighted by Crippen LogP contribution is 2.36. The lowest BCUT2D eigenvalue weighted by Gasteiger charge is -2.36. The largest absolute Gasteiger partial charge is 0.416 e. The van der Waals surface area contributed by atoms with Crippen molar-refractivity contribution in [2.24, 2.45) is 0 Å². The Labute approximate surface area is 84.8 Å². The van der Waals surface area contributed by atoms with Crippen LogP contribution in [0.5, 0.6) is 0 Å². The van der Waals surface area contributed by atoms with Gasteiger partial charge in [-0.15, -0.1) is 0 Å². The molecule has 3 heteroatoms. The van der Waals surface area contributed by atoms with Crippen molar-refractivity contribution in [2.75, 3.05) is 26.2 Å². The van der Waals surface area contributed by atoms with E-state index in [0.29, 0.717) is 5.04 Å². The molecule has 1 unspecified atom stereocenters. The van der Waals surface area contributed by atoms with Gasteiger partial charge >= 0.3 is 0 Å². The van der Waals surface area contributed by atoms with Crippen LogP contribution < -0.4 is 0 Å². The van der Waals surface area contributed by atoms with Gasteiger partial charge in [-0.3, -0.25) is 4.90 Å². The summed E-state index contributed by atoms with van der Waals surface area (Å²) in [6.45, 7) is 14.0. The summed E-state index contributed by atoms with van der Waals surface area (Å²) in [5.74, 6) is 0. The first-order valence-corrected chi connectivity index (χ1v) is 7.95. The molecular formula is C10H23NOSi. The molecule has 2 nitrogen and oxygen atoms in total. The molecule has 0 amide bonds. The van der Waals surface area contributed by atoms with Gasteiger partial charge in [0.05, 0.1) is 0 Å². The van der Waals surface area contributed by atoms with Crippen LogP contribution in [0.25, 0.3) is 0 Å². The van der Waals surface area contributed by atoms with E-state index in [1.807, 2.05) is 0 Å². The molecule has 0 aromatic heterocycles. The van der Waals surface area contributed by atoms with Gasteiger partial charge in [-0.05, 0) is 18.1 Å². The molecule has 0 aromatic rings. The minimum absolute atomic E-state index is 0.0537. The predicted molar refractivity (Wildman–Crippen MR) is 59.6 cm³/mol. The van der Waals surface area contributed by atoms with Gasteiger partial charge in [-0.25, -0.2) is 0 Å². The lowest BCUT2D eigenvalue weighted by atomic mass is 10.2. The Morgan fingerprint density at radius 1 is 1.46 bits per heavy atom. The molecule has 1 fully saturated rings. The second-order valence-electron chi connectivity index (χ2n) is 5.29. The van der Waals surface area contributed by atoms with Crippen molar-refractivity contribution in [2.45, 2.75) is 38.9 Å². The van der Waals surface area contributed by atoms with E-state index in [1.165, 1.54) is 0 Å². The number of rotatable bonds is 4. The Kier molecular flexibility index (Phi) is 2.77. The van der Waals surface area contributed by atoms with Crippen LogP contribution in [0.4, 0.5) is 0 Å². The summed E-state index contributed by atoms with van der Waals surface area (Å²) in [6, 6.07) is 0. The molecule has 0 aromatic carbocycles. The molecule has 13 heavy (non-hydrogen) atoms. The third-order valence-corrected chi connectivity index (χ3v) is 7.63. The summed E-state index contributed by atoms with van der Waals surface area (Å²) in [6.07, 6.45) is 0. The molecule has 1 saturated heterocycles. The van der Waals surface area contributed by atoms with Crippen LogP contribution in [-0.2, 0) is 4.43 Å². The van der Waals surface area contributed by atoms with Crippen molar-refractivity contribution >= 4 is 8.32 Å². The zero-order chi connectivity index (χ0) is 11.0. The van der Waals surface area contributed by atoms with Gasteiger partial charge in [0.25, 0.3) is 0 Å². The van der Waals surface area contributed by atoms with Crippen molar-refractivity contribution in [1.29, 1.82) is 0 Å². The first-order chi connectivity index (χ1) is 6.24. The molecule has 1 heterocycles. The number of hydrogen-bond donors (Lipinski definition) is 0. The zero-order valence-electron chi connectivity index (χ0n) is 10.6. The van der Waals surface area contributed by atoms with E-state index in [2.05, 4.69) is 38.8 Å². The van der Waals surface area contributed by atoms with Gasteiger partial charge < -0.3 is 4.43 Å². The van der Waals surface area contributed by atoms with Crippen molar-refractivity contribution in [3.05, 3.63) is 0 Å². The van der Waals surface area contributed by atoms with Crippen LogP contribution in [-0.4, -0.2) is 39.4 Å². The molecule has 0 aliphatic carbocycles. The van der Waals surface area contributed by atoms with E-state index in [-0.39, 0.29) is 6.52 Å². The van der Waals surface area contributed by atoms with Crippen LogP contribution in [0.3, 0.4) is 0 Å². The lowest BCUT2D eigenvalue weighted by molar-refractivity contribution is 0.267. The minimum Gasteiger partial charge on any atom is -0.416 e. The van der Waals surface area contributed by atoms with Crippen LogP contribution in [0.1, 0.15) is 22.1 Å². The van der Waals surface area contributed by atoms with E-state index in [9.17, 15) is 0 Å². The van der Waals surface area contributed by atoms with Gasteiger partial charge in [-0.1, -0.05) is 20.8 Å². The van der Waals surface area contributed by atoms with E-state index in [1.54, 1.807) is 0 Å². The first kappa shape index (κ1) is 9.68. The maximum Gasteiger partial charge on any atom is 0.192 e. The lowest BCUT2D eigenvalue weighted by Crippen LogP contribution is -2.41. The average molecular weight is 202 g/mol. The third kappa shape index (κ3) is 3.41. The Hall–Kier alpha value is 0.137. The fraction of sp³-hybridized carbons (Fsp3) is 1.00. The van der Waals surface area contributed by atoms with Crippen LogP contribution in [0.15, 0.2) is 0 Å². The summed E-state index contributed by atoms with van der Waals surface area (Å²) in [4.78, 5) is 2.12.